The highest BCUT2D eigenvalue weighted by Crippen LogP contribution is 2.22. The predicted molar refractivity (Wildman–Crippen MR) is 57.9 cm³/mol. The van der Waals surface area contributed by atoms with Gasteiger partial charge in [0, 0.05) is 0 Å². The maximum absolute atomic E-state index is 5.87. The van der Waals surface area contributed by atoms with E-state index >= 15 is 0 Å². The number of rotatable bonds is 2. The Balaban J connectivity index is 1.99. The minimum absolute atomic E-state index is 0.0983. The predicted octanol–water partition coefficient (Wildman–Crippen LogP) is 1.49. The first-order chi connectivity index (χ1) is 7.04. The summed E-state index contributed by atoms with van der Waals surface area (Å²) in [6.45, 7) is 8.18. The molecule has 2 aliphatic rings. The van der Waals surface area contributed by atoms with Gasteiger partial charge in [-0.25, -0.2) is 0 Å². The molecule has 0 N–H and O–H groups in total. The normalized spacial score (nSPS) is 31.8. The van der Waals surface area contributed by atoms with Gasteiger partial charge in [0.2, 0.25) is 8.32 Å². The van der Waals surface area contributed by atoms with E-state index in [4.69, 9.17) is 18.6 Å². The van der Waals surface area contributed by atoms with Crippen LogP contribution in [0.4, 0.5) is 0 Å². The average Bonchev–Trinajstić information content (AvgIpc) is 2.15. The summed E-state index contributed by atoms with van der Waals surface area (Å²) in [6, 6.07) is 0. The molecular weight excluding hydrogens is 212 g/mol. The molecule has 0 aromatic heterocycles. The molecular formula is C10H18O4Si. The SMILES string of the molecule is C[Si](C)(C)OC1=CC2OCCOC2OC1. The monoisotopic (exact) mass is 230 g/mol. The van der Waals surface area contributed by atoms with E-state index in [1.807, 2.05) is 6.08 Å². The third-order valence-electron chi connectivity index (χ3n) is 2.12. The highest BCUT2D eigenvalue weighted by molar-refractivity contribution is 6.70. The molecule has 1 saturated heterocycles. The fourth-order valence-corrected chi connectivity index (χ4v) is 2.56. The Kier molecular flexibility index (Phi) is 3.15. The van der Waals surface area contributed by atoms with E-state index in [2.05, 4.69) is 19.6 Å². The maximum atomic E-state index is 5.87. The molecule has 0 radical (unpaired) electrons. The minimum Gasteiger partial charge on any atom is -0.546 e. The Morgan fingerprint density at radius 3 is 2.67 bits per heavy atom. The van der Waals surface area contributed by atoms with Crippen LogP contribution in [0.25, 0.3) is 0 Å². The van der Waals surface area contributed by atoms with Gasteiger partial charge in [-0.15, -0.1) is 0 Å². The summed E-state index contributed by atoms with van der Waals surface area (Å²) in [6.07, 6.45) is 1.65. The zero-order chi connectivity index (χ0) is 10.9. The van der Waals surface area contributed by atoms with Crippen molar-refractivity contribution in [3.8, 4) is 0 Å². The summed E-state index contributed by atoms with van der Waals surface area (Å²) in [4.78, 5) is 0. The fraction of sp³-hybridized carbons (Fsp3) is 0.800. The van der Waals surface area contributed by atoms with Crippen molar-refractivity contribution in [2.24, 2.45) is 0 Å². The number of hydrogen-bond donors (Lipinski definition) is 0. The average molecular weight is 230 g/mol. The van der Waals surface area contributed by atoms with Crippen molar-refractivity contribution >= 4 is 8.32 Å². The summed E-state index contributed by atoms with van der Waals surface area (Å²) in [5.74, 6) is 0.890. The molecule has 0 aromatic carbocycles. The lowest BCUT2D eigenvalue weighted by Gasteiger charge is -2.35. The molecule has 5 heteroatoms. The molecule has 0 amide bonds. The third kappa shape index (κ3) is 3.04. The van der Waals surface area contributed by atoms with Crippen molar-refractivity contribution in [2.45, 2.75) is 32.0 Å². The molecule has 2 rings (SSSR count). The Bertz CT molecular complexity index is 259. The number of ether oxygens (including phenoxy) is 3. The second-order valence-electron chi connectivity index (χ2n) is 4.73. The molecule has 2 unspecified atom stereocenters. The third-order valence-corrected chi connectivity index (χ3v) is 3.00. The van der Waals surface area contributed by atoms with Gasteiger partial charge in [-0.3, -0.25) is 0 Å². The molecule has 2 atom stereocenters. The zero-order valence-electron chi connectivity index (χ0n) is 9.49. The second-order valence-corrected chi connectivity index (χ2v) is 9.16. The van der Waals surface area contributed by atoms with Crippen LogP contribution in [0.15, 0.2) is 11.8 Å². The van der Waals surface area contributed by atoms with Crippen molar-refractivity contribution in [3.63, 3.8) is 0 Å². The van der Waals surface area contributed by atoms with Crippen LogP contribution in [0.5, 0.6) is 0 Å². The smallest absolute Gasteiger partial charge is 0.241 e. The van der Waals surface area contributed by atoms with Crippen LogP contribution in [0.3, 0.4) is 0 Å². The van der Waals surface area contributed by atoms with Gasteiger partial charge in [0.05, 0.1) is 13.2 Å². The molecule has 4 nitrogen and oxygen atoms in total. The first kappa shape index (κ1) is 11.1. The lowest BCUT2D eigenvalue weighted by molar-refractivity contribution is -0.240. The molecule has 15 heavy (non-hydrogen) atoms. The van der Waals surface area contributed by atoms with E-state index < -0.39 is 8.32 Å². The van der Waals surface area contributed by atoms with Crippen LogP contribution < -0.4 is 0 Å². The lowest BCUT2D eigenvalue weighted by atomic mass is 10.2. The van der Waals surface area contributed by atoms with Gasteiger partial charge in [-0.2, -0.15) is 0 Å². The Morgan fingerprint density at radius 2 is 1.93 bits per heavy atom. The molecule has 2 heterocycles. The van der Waals surface area contributed by atoms with Crippen LogP contribution in [-0.2, 0) is 18.6 Å². The Morgan fingerprint density at radius 1 is 1.20 bits per heavy atom. The van der Waals surface area contributed by atoms with E-state index in [-0.39, 0.29) is 12.4 Å². The first-order valence-electron chi connectivity index (χ1n) is 5.29. The molecule has 0 spiro atoms. The molecule has 0 aliphatic carbocycles. The van der Waals surface area contributed by atoms with Crippen molar-refractivity contribution in [3.05, 3.63) is 11.8 Å². The maximum Gasteiger partial charge on any atom is 0.241 e. The summed E-state index contributed by atoms with van der Waals surface area (Å²) in [5, 5.41) is 0. The topological polar surface area (TPSA) is 36.9 Å². The standard InChI is InChI=1S/C10H18O4Si/c1-15(2,3)14-8-6-9-10(13-7-8)12-5-4-11-9/h6,9-10H,4-5,7H2,1-3H3. The highest BCUT2D eigenvalue weighted by atomic mass is 28.4. The highest BCUT2D eigenvalue weighted by Gasteiger charge is 2.32. The van der Waals surface area contributed by atoms with Crippen LogP contribution >= 0.6 is 0 Å². The second kappa shape index (κ2) is 4.25. The van der Waals surface area contributed by atoms with Crippen LogP contribution in [0.1, 0.15) is 0 Å². The van der Waals surface area contributed by atoms with Crippen LogP contribution in [0.2, 0.25) is 19.6 Å². The van der Waals surface area contributed by atoms with Gasteiger partial charge in [-0.1, -0.05) is 0 Å². The van der Waals surface area contributed by atoms with Gasteiger partial charge in [-0.05, 0) is 25.7 Å². The van der Waals surface area contributed by atoms with Crippen molar-refractivity contribution in [1.82, 2.24) is 0 Å². The molecule has 86 valence electrons. The van der Waals surface area contributed by atoms with E-state index in [9.17, 15) is 0 Å². The largest absolute Gasteiger partial charge is 0.546 e. The van der Waals surface area contributed by atoms with Gasteiger partial charge >= 0.3 is 0 Å². The summed E-state index contributed by atoms with van der Waals surface area (Å²) < 4.78 is 22.3. The Hall–Kier alpha value is -0.363. The molecule has 2 aliphatic heterocycles. The fourth-order valence-electron chi connectivity index (χ4n) is 1.64. The molecule has 0 aromatic rings. The van der Waals surface area contributed by atoms with Gasteiger partial charge < -0.3 is 18.6 Å². The van der Waals surface area contributed by atoms with Gasteiger partial charge in [0.25, 0.3) is 0 Å². The number of hydrogen-bond acceptors (Lipinski definition) is 4. The quantitative estimate of drug-likeness (QED) is 0.674. The molecule has 1 fully saturated rings. The van der Waals surface area contributed by atoms with Crippen LogP contribution in [0, 0.1) is 0 Å². The summed E-state index contributed by atoms with van der Waals surface area (Å²) in [7, 11) is -1.55. The Labute approximate surface area is 91.3 Å². The van der Waals surface area contributed by atoms with Crippen LogP contribution in [-0.4, -0.2) is 40.5 Å². The van der Waals surface area contributed by atoms with Gasteiger partial charge in [0.1, 0.15) is 18.5 Å². The molecule has 0 saturated carbocycles. The van der Waals surface area contributed by atoms with E-state index in [1.165, 1.54) is 0 Å². The van der Waals surface area contributed by atoms with Crippen molar-refractivity contribution < 1.29 is 18.6 Å². The van der Waals surface area contributed by atoms with Gasteiger partial charge in [0.15, 0.2) is 6.29 Å². The summed E-state index contributed by atoms with van der Waals surface area (Å²) in [5.41, 5.74) is 0. The summed E-state index contributed by atoms with van der Waals surface area (Å²) >= 11 is 0. The van der Waals surface area contributed by atoms with E-state index in [1.54, 1.807) is 0 Å². The molecule has 0 bridgehead atoms. The van der Waals surface area contributed by atoms with E-state index in [0.717, 1.165) is 5.76 Å². The first-order valence-corrected chi connectivity index (χ1v) is 8.70. The van der Waals surface area contributed by atoms with E-state index in [0.29, 0.717) is 19.8 Å². The number of fused-ring (bicyclic) bond motifs is 1. The van der Waals surface area contributed by atoms with Crippen molar-refractivity contribution in [1.29, 1.82) is 0 Å². The zero-order valence-corrected chi connectivity index (χ0v) is 10.5. The van der Waals surface area contributed by atoms with Crippen molar-refractivity contribution in [2.75, 3.05) is 19.8 Å². The lowest BCUT2D eigenvalue weighted by Crippen LogP contribution is -2.43. The minimum atomic E-state index is -1.55.